The van der Waals surface area contributed by atoms with E-state index < -0.39 is 0 Å². The van der Waals surface area contributed by atoms with Gasteiger partial charge in [0, 0.05) is 24.7 Å². The molecule has 96 valence electrons. The molecule has 1 saturated carbocycles. The Kier molecular flexibility index (Phi) is 4.81. The van der Waals surface area contributed by atoms with Crippen LogP contribution < -0.4 is 5.73 Å². The SMILES string of the molecule is CC(C)CC(C)(CN)N(CC1CC1)C(C)C. The first-order valence-corrected chi connectivity index (χ1v) is 6.86. The Hall–Kier alpha value is -0.0800. The molecule has 0 heterocycles. The maximum atomic E-state index is 6.05. The molecule has 0 spiro atoms. The van der Waals surface area contributed by atoms with Crippen LogP contribution >= 0.6 is 0 Å². The van der Waals surface area contributed by atoms with Gasteiger partial charge in [0.05, 0.1) is 0 Å². The highest BCUT2D eigenvalue weighted by atomic mass is 15.2. The molecule has 2 heteroatoms. The summed E-state index contributed by atoms with van der Waals surface area (Å²) in [5.74, 6) is 1.66. The standard InChI is InChI=1S/C14H30N2/c1-11(2)8-14(5,10-15)16(12(3)4)9-13-6-7-13/h11-13H,6-10,15H2,1-5H3. The molecule has 0 aromatic rings. The summed E-state index contributed by atoms with van der Waals surface area (Å²) in [6.07, 6.45) is 4.05. The van der Waals surface area contributed by atoms with Crippen molar-refractivity contribution in [3.63, 3.8) is 0 Å². The van der Waals surface area contributed by atoms with Gasteiger partial charge in [0.1, 0.15) is 0 Å². The van der Waals surface area contributed by atoms with Crippen molar-refractivity contribution in [2.75, 3.05) is 13.1 Å². The molecule has 0 saturated heterocycles. The van der Waals surface area contributed by atoms with Gasteiger partial charge in [-0.2, -0.15) is 0 Å². The van der Waals surface area contributed by atoms with Crippen LogP contribution in [0, 0.1) is 11.8 Å². The quantitative estimate of drug-likeness (QED) is 0.723. The van der Waals surface area contributed by atoms with E-state index in [1.807, 2.05) is 0 Å². The predicted octanol–water partition coefficient (Wildman–Crippen LogP) is 2.87. The lowest BCUT2D eigenvalue weighted by Gasteiger charge is -2.44. The van der Waals surface area contributed by atoms with E-state index in [0.717, 1.165) is 12.5 Å². The van der Waals surface area contributed by atoms with E-state index in [1.54, 1.807) is 0 Å². The lowest BCUT2D eigenvalue weighted by atomic mass is 9.87. The molecule has 1 aliphatic rings. The zero-order valence-corrected chi connectivity index (χ0v) is 11.8. The Morgan fingerprint density at radius 2 is 1.81 bits per heavy atom. The summed E-state index contributed by atoms with van der Waals surface area (Å²) in [6.45, 7) is 13.6. The maximum absolute atomic E-state index is 6.05. The van der Waals surface area contributed by atoms with Crippen LogP contribution in [0.3, 0.4) is 0 Å². The zero-order valence-electron chi connectivity index (χ0n) is 11.8. The van der Waals surface area contributed by atoms with Crippen LogP contribution in [0.1, 0.15) is 53.9 Å². The Labute approximate surface area is 102 Å². The van der Waals surface area contributed by atoms with E-state index in [4.69, 9.17) is 5.73 Å². The second kappa shape index (κ2) is 5.50. The number of rotatable bonds is 7. The molecule has 1 aliphatic carbocycles. The summed E-state index contributed by atoms with van der Waals surface area (Å²) in [6, 6.07) is 0.605. The van der Waals surface area contributed by atoms with Gasteiger partial charge in [-0.3, -0.25) is 4.90 Å². The van der Waals surface area contributed by atoms with Crippen molar-refractivity contribution in [3.05, 3.63) is 0 Å². The molecule has 0 aromatic heterocycles. The molecule has 1 rings (SSSR count). The molecule has 1 unspecified atom stereocenters. The fraction of sp³-hybridized carbons (Fsp3) is 1.00. The van der Waals surface area contributed by atoms with E-state index >= 15 is 0 Å². The van der Waals surface area contributed by atoms with Gasteiger partial charge in [-0.15, -0.1) is 0 Å². The summed E-state index contributed by atoms with van der Waals surface area (Å²) in [5, 5.41) is 0. The highest BCUT2D eigenvalue weighted by Gasteiger charge is 2.36. The maximum Gasteiger partial charge on any atom is 0.0308 e. The van der Waals surface area contributed by atoms with Crippen molar-refractivity contribution >= 4 is 0 Å². The second-order valence-corrected chi connectivity index (χ2v) is 6.49. The minimum absolute atomic E-state index is 0.185. The van der Waals surface area contributed by atoms with Crippen molar-refractivity contribution in [1.29, 1.82) is 0 Å². The summed E-state index contributed by atoms with van der Waals surface area (Å²) in [4.78, 5) is 2.64. The van der Waals surface area contributed by atoms with Gasteiger partial charge < -0.3 is 5.73 Å². The number of nitrogens with zero attached hydrogens (tertiary/aromatic N) is 1. The topological polar surface area (TPSA) is 29.3 Å². The highest BCUT2D eigenvalue weighted by molar-refractivity contribution is 4.92. The number of nitrogens with two attached hydrogens (primary N) is 1. The van der Waals surface area contributed by atoms with E-state index in [-0.39, 0.29) is 5.54 Å². The largest absolute Gasteiger partial charge is 0.329 e. The molecule has 1 atom stereocenters. The van der Waals surface area contributed by atoms with Crippen molar-refractivity contribution in [3.8, 4) is 0 Å². The van der Waals surface area contributed by atoms with Gasteiger partial charge in [-0.05, 0) is 51.9 Å². The molecule has 0 amide bonds. The lowest BCUT2D eigenvalue weighted by molar-refractivity contribution is 0.0533. The molecule has 2 nitrogen and oxygen atoms in total. The van der Waals surface area contributed by atoms with Gasteiger partial charge in [0.15, 0.2) is 0 Å². The first kappa shape index (κ1) is 14.0. The van der Waals surface area contributed by atoms with Crippen LogP contribution in [0.4, 0.5) is 0 Å². The second-order valence-electron chi connectivity index (χ2n) is 6.49. The molecule has 16 heavy (non-hydrogen) atoms. The minimum atomic E-state index is 0.185. The molecule has 1 fully saturated rings. The van der Waals surface area contributed by atoms with Crippen LogP contribution in [0.25, 0.3) is 0 Å². The van der Waals surface area contributed by atoms with Gasteiger partial charge in [0.25, 0.3) is 0 Å². The Balaban J connectivity index is 2.69. The fourth-order valence-corrected chi connectivity index (χ4v) is 2.83. The Morgan fingerprint density at radius 1 is 1.25 bits per heavy atom. The lowest BCUT2D eigenvalue weighted by Crippen LogP contribution is -2.55. The molecule has 0 radical (unpaired) electrons. The molecule has 0 aromatic carbocycles. The van der Waals surface area contributed by atoms with E-state index in [2.05, 4.69) is 39.5 Å². The van der Waals surface area contributed by atoms with Crippen LogP contribution in [-0.2, 0) is 0 Å². The molecular formula is C14H30N2. The molecular weight excluding hydrogens is 196 g/mol. The zero-order chi connectivity index (χ0) is 12.3. The smallest absolute Gasteiger partial charge is 0.0308 e. The average molecular weight is 226 g/mol. The van der Waals surface area contributed by atoms with Crippen molar-refractivity contribution in [2.24, 2.45) is 17.6 Å². The van der Waals surface area contributed by atoms with E-state index in [0.29, 0.717) is 12.0 Å². The monoisotopic (exact) mass is 226 g/mol. The number of hydrogen-bond donors (Lipinski definition) is 1. The summed E-state index contributed by atoms with van der Waals surface area (Å²) >= 11 is 0. The summed E-state index contributed by atoms with van der Waals surface area (Å²) < 4.78 is 0. The van der Waals surface area contributed by atoms with Crippen LogP contribution in [0.15, 0.2) is 0 Å². The third kappa shape index (κ3) is 3.74. The Morgan fingerprint density at radius 3 is 2.12 bits per heavy atom. The number of hydrogen-bond acceptors (Lipinski definition) is 2. The highest BCUT2D eigenvalue weighted by Crippen LogP contribution is 2.34. The van der Waals surface area contributed by atoms with Crippen LogP contribution in [0.5, 0.6) is 0 Å². The summed E-state index contributed by atoms with van der Waals surface area (Å²) in [7, 11) is 0. The molecule has 2 N–H and O–H groups in total. The third-order valence-corrected chi connectivity index (χ3v) is 3.76. The minimum Gasteiger partial charge on any atom is -0.329 e. The first-order valence-electron chi connectivity index (χ1n) is 6.86. The predicted molar refractivity (Wildman–Crippen MR) is 71.5 cm³/mol. The van der Waals surface area contributed by atoms with E-state index in [9.17, 15) is 0 Å². The van der Waals surface area contributed by atoms with Crippen molar-refractivity contribution < 1.29 is 0 Å². The summed E-state index contributed by atoms with van der Waals surface area (Å²) in [5.41, 5.74) is 6.23. The fourth-order valence-electron chi connectivity index (χ4n) is 2.83. The van der Waals surface area contributed by atoms with Crippen molar-refractivity contribution in [2.45, 2.75) is 65.5 Å². The van der Waals surface area contributed by atoms with Crippen LogP contribution in [-0.4, -0.2) is 29.6 Å². The van der Waals surface area contributed by atoms with Crippen molar-refractivity contribution in [1.82, 2.24) is 4.90 Å². The molecule has 0 bridgehead atoms. The van der Waals surface area contributed by atoms with Crippen LogP contribution in [0.2, 0.25) is 0 Å². The van der Waals surface area contributed by atoms with Gasteiger partial charge >= 0.3 is 0 Å². The van der Waals surface area contributed by atoms with E-state index in [1.165, 1.54) is 25.8 Å². The Bertz CT molecular complexity index is 209. The normalized spacial score (nSPS) is 20.8. The van der Waals surface area contributed by atoms with Gasteiger partial charge in [0.2, 0.25) is 0 Å². The first-order chi connectivity index (χ1) is 7.39. The van der Waals surface area contributed by atoms with Gasteiger partial charge in [-0.1, -0.05) is 13.8 Å². The third-order valence-electron chi connectivity index (χ3n) is 3.76. The van der Waals surface area contributed by atoms with Gasteiger partial charge in [-0.25, -0.2) is 0 Å². The molecule has 0 aliphatic heterocycles. The average Bonchev–Trinajstić information content (AvgIpc) is 2.95.